The van der Waals surface area contributed by atoms with Gasteiger partial charge in [-0.1, -0.05) is 5.16 Å². The second kappa shape index (κ2) is 5.40. The lowest BCUT2D eigenvalue weighted by Crippen LogP contribution is -2.22. The molecule has 0 saturated carbocycles. The molecule has 0 unspecified atom stereocenters. The number of carbonyl (C=O) groups excluding carboxylic acids is 1. The fourth-order valence-corrected chi connectivity index (χ4v) is 1.69. The molecule has 1 N–H and O–H groups in total. The lowest BCUT2D eigenvalue weighted by atomic mass is 10.2. The molecule has 20 heavy (non-hydrogen) atoms. The zero-order chi connectivity index (χ0) is 13.8. The number of hydrogen-bond donors (Lipinski definition) is 1. The maximum absolute atomic E-state index is 11.9. The van der Waals surface area contributed by atoms with Crippen molar-refractivity contribution in [3.63, 3.8) is 0 Å². The summed E-state index contributed by atoms with van der Waals surface area (Å²) in [5.41, 5.74) is 1.17. The van der Waals surface area contributed by atoms with Crippen molar-refractivity contribution in [3.8, 4) is 11.5 Å². The number of hydrogen-bond acceptors (Lipinski definition) is 5. The van der Waals surface area contributed by atoms with Crippen LogP contribution in [0.15, 0.2) is 57.9 Å². The van der Waals surface area contributed by atoms with Crippen LogP contribution in [0.3, 0.4) is 0 Å². The summed E-state index contributed by atoms with van der Waals surface area (Å²) in [6.45, 7) is 0.407. The minimum absolute atomic E-state index is 0.213. The van der Waals surface area contributed by atoms with Crippen molar-refractivity contribution in [2.75, 3.05) is 0 Å². The summed E-state index contributed by atoms with van der Waals surface area (Å²) >= 11 is 0. The zero-order valence-corrected chi connectivity index (χ0v) is 10.4. The maximum Gasteiger partial charge on any atom is 0.273 e. The van der Waals surface area contributed by atoms with Crippen molar-refractivity contribution < 1.29 is 13.7 Å². The van der Waals surface area contributed by atoms with E-state index in [-0.39, 0.29) is 11.6 Å². The summed E-state index contributed by atoms with van der Waals surface area (Å²) in [5.74, 6) is 0.651. The van der Waals surface area contributed by atoms with Crippen molar-refractivity contribution in [1.29, 1.82) is 0 Å². The highest BCUT2D eigenvalue weighted by Crippen LogP contribution is 2.20. The van der Waals surface area contributed by atoms with Crippen molar-refractivity contribution >= 4 is 5.91 Å². The average Bonchev–Trinajstić information content (AvgIpc) is 3.16. The van der Waals surface area contributed by atoms with Gasteiger partial charge in [0.1, 0.15) is 0 Å². The van der Waals surface area contributed by atoms with Crippen LogP contribution >= 0.6 is 0 Å². The van der Waals surface area contributed by atoms with E-state index in [1.807, 2.05) is 12.1 Å². The highest BCUT2D eigenvalue weighted by atomic mass is 16.5. The molecule has 100 valence electrons. The first-order chi connectivity index (χ1) is 9.83. The van der Waals surface area contributed by atoms with Gasteiger partial charge in [-0.3, -0.25) is 9.78 Å². The Morgan fingerprint density at radius 3 is 2.80 bits per heavy atom. The highest BCUT2D eigenvalue weighted by molar-refractivity contribution is 5.92. The van der Waals surface area contributed by atoms with Gasteiger partial charge >= 0.3 is 0 Å². The molecule has 0 aliphatic heterocycles. The third-order valence-corrected chi connectivity index (χ3v) is 2.71. The van der Waals surface area contributed by atoms with Crippen LogP contribution in [0.2, 0.25) is 0 Å². The molecule has 1 amide bonds. The zero-order valence-electron chi connectivity index (χ0n) is 10.4. The first kappa shape index (κ1) is 12.2. The van der Waals surface area contributed by atoms with Crippen LogP contribution < -0.4 is 5.32 Å². The molecule has 3 rings (SSSR count). The molecule has 3 heterocycles. The first-order valence-electron chi connectivity index (χ1n) is 6.00. The molecular weight excluding hydrogens is 258 g/mol. The summed E-state index contributed by atoms with van der Waals surface area (Å²) < 4.78 is 10.2. The Balaban J connectivity index is 1.66. The Morgan fingerprint density at radius 1 is 1.20 bits per heavy atom. The molecule has 0 bridgehead atoms. The van der Waals surface area contributed by atoms with E-state index in [0.717, 1.165) is 5.56 Å². The van der Waals surface area contributed by atoms with Crippen LogP contribution in [0.5, 0.6) is 0 Å². The van der Waals surface area contributed by atoms with Crippen LogP contribution in [-0.4, -0.2) is 16.0 Å². The molecule has 6 heteroatoms. The molecule has 0 aromatic carbocycles. The molecule has 3 aromatic rings. The molecule has 6 nitrogen and oxygen atoms in total. The van der Waals surface area contributed by atoms with Crippen LogP contribution in [0, 0.1) is 0 Å². The molecule has 0 fully saturated rings. The summed E-state index contributed by atoms with van der Waals surface area (Å²) in [5, 5.41) is 6.48. The highest BCUT2D eigenvalue weighted by Gasteiger charge is 2.14. The number of nitrogens with zero attached hydrogens (tertiary/aromatic N) is 2. The smallest absolute Gasteiger partial charge is 0.273 e. The van der Waals surface area contributed by atoms with Crippen molar-refractivity contribution in [3.05, 3.63) is 60.2 Å². The fraction of sp³-hybridized carbons (Fsp3) is 0.0714. The van der Waals surface area contributed by atoms with Gasteiger partial charge in [-0.25, -0.2) is 0 Å². The Hall–Kier alpha value is -2.89. The Kier molecular flexibility index (Phi) is 3.28. The van der Waals surface area contributed by atoms with E-state index < -0.39 is 0 Å². The lowest BCUT2D eigenvalue weighted by molar-refractivity contribution is 0.0942. The summed E-state index contributed by atoms with van der Waals surface area (Å²) in [6.07, 6.45) is 4.88. The van der Waals surface area contributed by atoms with Gasteiger partial charge in [-0.05, 0) is 29.8 Å². The van der Waals surface area contributed by atoms with E-state index in [0.29, 0.717) is 18.1 Å². The van der Waals surface area contributed by atoms with Gasteiger partial charge in [0, 0.05) is 25.0 Å². The number of nitrogens with one attached hydrogen (secondary N) is 1. The molecule has 3 aromatic heterocycles. The monoisotopic (exact) mass is 269 g/mol. The van der Waals surface area contributed by atoms with E-state index in [2.05, 4.69) is 15.5 Å². The van der Waals surface area contributed by atoms with Gasteiger partial charge in [0.2, 0.25) is 5.76 Å². The van der Waals surface area contributed by atoms with Crippen molar-refractivity contribution in [1.82, 2.24) is 15.5 Å². The number of furan rings is 1. The van der Waals surface area contributed by atoms with Crippen molar-refractivity contribution in [2.24, 2.45) is 0 Å². The maximum atomic E-state index is 11.9. The fourth-order valence-electron chi connectivity index (χ4n) is 1.69. The van der Waals surface area contributed by atoms with Gasteiger partial charge in [-0.2, -0.15) is 0 Å². The normalized spacial score (nSPS) is 10.4. The van der Waals surface area contributed by atoms with E-state index in [4.69, 9.17) is 8.94 Å². The largest absolute Gasteiger partial charge is 0.461 e. The predicted octanol–water partition coefficient (Wildman–Crippen LogP) is 2.26. The number of amides is 1. The van der Waals surface area contributed by atoms with E-state index >= 15 is 0 Å². The third kappa shape index (κ3) is 2.59. The Morgan fingerprint density at radius 2 is 2.05 bits per heavy atom. The standard InChI is InChI=1S/C14H11N3O3/c18-14(16-9-10-3-5-15-6-4-10)11-8-13(20-17-11)12-2-1-7-19-12/h1-8H,9H2,(H,16,18). The van der Waals surface area contributed by atoms with Gasteiger partial charge < -0.3 is 14.3 Å². The molecule has 0 atom stereocenters. The second-order valence-electron chi connectivity index (χ2n) is 4.09. The molecule has 0 aliphatic carbocycles. The van der Waals surface area contributed by atoms with E-state index in [1.54, 1.807) is 30.6 Å². The first-order valence-corrected chi connectivity index (χ1v) is 6.00. The second-order valence-corrected chi connectivity index (χ2v) is 4.09. The summed E-state index contributed by atoms with van der Waals surface area (Å²) in [7, 11) is 0. The lowest BCUT2D eigenvalue weighted by Gasteiger charge is -2.01. The molecule has 0 spiro atoms. The summed E-state index contributed by atoms with van der Waals surface area (Å²) in [6, 6.07) is 8.68. The van der Waals surface area contributed by atoms with Gasteiger partial charge in [0.05, 0.1) is 6.26 Å². The molecule has 0 saturated heterocycles. The minimum atomic E-state index is -0.302. The predicted molar refractivity (Wildman–Crippen MR) is 69.6 cm³/mol. The minimum Gasteiger partial charge on any atom is -0.461 e. The average molecular weight is 269 g/mol. The number of carbonyl (C=O) groups is 1. The number of rotatable bonds is 4. The van der Waals surface area contributed by atoms with Crippen LogP contribution in [-0.2, 0) is 6.54 Å². The topological polar surface area (TPSA) is 81.2 Å². The number of pyridine rings is 1. The van der Waals surface area contributed by atoms with Gasteiger partial charge in [0.25, 0.3) is 5.91 Å². The van der Waals surface area contributed by atoms with Crippen LogP contribution in [0.1, 0.15) is 16.1 Å². The Bertz CT molecular complexity index is 690. The Labute approximate surface area is 114 Å². The van der Waals surface area contributed by atoms with Crippen LogP contribution in [0.25, 0.3) is 11.5 Å². The van der Waals surface area contributed by atoms with Gasteiger partial charge in [0.15, 0.2) is 11.5 Å². The molecule has 0 aliphatic rings. The molecular formula is C14H11N3O3. The molecule has 0 radical (unpaired) electrons. The van der Waals surface area contributed by atoms with E-state index in [9.17, 15) is 4.79 Å². The van der Waals surface area contributed by atoms with Crippen molar-refractivity contribution in [2.45, 2.75) is 6.54 Å². The quantitative estimate of drug-likeness (QED) is 0.785. The summed E-state index contributed by atoms with van der Waals surface area (Å²) in [4.78, 5) is 15.8. The number of aromatic nitrogens is 2. The SMILES string of the molecule is O=C(NCc1ccncc1)c1cc(-c2ccco2)on1. The van der Waals surface area contributed by atoms with Gasteiger partial charge in [-0.15, -0.1) is 0 Å². The van der Waals surface area contributed by atoms with E-state index in [1.165, 1.54) is 6.26 Å². The third-order valence-electron chi connectivity index (χ3n) is 2.71. The van der Waals surface area contributed by atoms with Crippen LogP contribution in [0.4, 0.5) is 0 Å².